The van der Waals surface area contributed by atoms with Crippen molar-refractivity contribution in [3.05, 3.63) is 35.4 Å². The van der Waals surface area contributed by atoms with E-state index in [4.69, 9.17) is 10.8 Å². The molecule has 0 spiro atoms. The fourth-order valence-corrected chi connectivity index (χ4v) is 2.00. The third-order valence-corrected chi connectivity index (χ3v) is 3.28. The minimum atomic E-state index is -2.41. The topological polar surface area (TPSA) is 63.3 Å². The Balaban J connectivity index is 2.13. The van der Waals surface area contributed by atoms with Crippen molar-refractivity contribution in [2.45, 2.75) is 51.0 Å². The minimum Gasteiger partial charge on any atom is -0.480 e. The molecular weight excluding hydrogens is 264 g/mol. The Morgan fingerprint density at radius 3 is 2.25 bits per heavy atom. The van der Waals surface area contributed by atoms with Gasteiger partial charge in [-0.15, -0.1) is 0 Å². The Morgan fingerprint density at radius 2 is 1.70 bits per heavy atom. The van der Waals surface area contributed by atoms with E-state index in [1.165, 1.54) is 12.1 Å². The van der Waals surface area contributed by atoms with Crippen LogP contribution < -0.4 is 5.73 Å². The van der Waals surface area contributed by atoms with E-state index >= 15 is 0 Å². The summed E-state index contributed by atoms with van der Waals surface area (Å²) >= 11 is 0. The van der Waals surface area contributed by atoms with Crippen LogP contribution in [0.15, 0.2) is 24.3 Å². The number of carboxylic acid groups (broad SMARTS) is 1. The highest BCUT2D eigenvalue weighted by atomic mass is 19.3. The zero-order valence-corrected chi connectivity index (χ0v) is 11.4. The van der Waals surface area contributed by atoms with Crippen LogP contribution in [0.4, 0.5) is 8.78 Å². The van der Waals surface area contributed by atoms with Crippen LogP contribution in [0.25, 0.3) is 0 Å². The van der Waals surface area contributed by atoms with Crippen LogP contribution in [-0.4, -0.2) is 17.1 Å². The van der Waals surface area contributed by atoms with Gasteiger partial charge in [-0.1, -0.05) is 43.5 Å². The molecule has 1 aromatic rings. The number of hydrogen-bond donors (Lipinski definition) is 2. The maximum atomic E-state index is 12.4. The third kappa shape index (κ3) is 6.10. The number of unbranched alkanes of at least 4 members (excludes halogenated alkanes) is 3. The molecule has 5 heteroatoms. The van der Waals surface area contributed by atoms with E-state index in [0.717, 1.165) is 37.7 Å². The van der Waals surface area contributed by atoms with Crippen LogP contribution in [0.3, 0.4) is 0 Å². The van der Waals surface area contributed by atoms with Crippen LogP contribution >= 0.6 is 0 Å². The number of carbonyl (C=O) groups is 1. The molecule has 0 saturated heterocycles. The molecular formula is C15H21F2NO2. The first kappa shape index (κ1) is 16.6. The molecule has 0 amide bonds. The van der Waals surface area contributed by atoms with Gasteiger partial charge in [0.25, 0.3) is 6.43 Å². The number of halogens is 2. The first-order valence-electron chi connectivity index (χ1n) is 6.86. The van der Waals surface area contributed by atoms with Gasteiger partial charge in [-0.3, -0.25) is 4.79 Å². The molecule has 112 valence electrons. The largest absolute Gasteiger partial charge is 0.480 e. The smallest absolute Gasteiger partial charge is 0.320 e. The average Bonchev–Trinajstić information content (AvgIpc) is 2.42. The van der Waals surface area contributed by atoms with Gasteiger partial charge in [0, 0.05) is 5.56 Å². The van der Waals surface area contributed by atoms with Gasteiger partial charge in [0.15, 0.2) is 0 Å². The lowest BCUT2D eigenvalue weighted by Crippen LogP contribution is -2.29. The normalized spacial score (nSPS) is 12.6. The van der Waals surface area contributed by atoms with Crippen molar-refractivity contribution in [1.82, 2.24) is 0 Å². The van der Waals surface area contributed by atoms with Crippen molar-refractivity contribution in [1.29, 1.82) is 0 Å². The van der Waals surface area contributed by atoms with E-state index in [9.17, 15) is 13.6 Å². The fraction of sp³-hybridized carbons (Fsp3) is 0.533. The molecule has 3 nitrogen and oxygen atoms in total. The van der Waals surface area contributed by atoms with Crippen molar-refractivity contribution in [3.63, 3.8) is 0 Å². The molecule has 0 heterocycles. The van der Waals surface area contributed by atoms with Crippen LogP contribution in [0.2, 0.25) is 0 Å². The Bertz CT molecular complexity index is 407. The van der Waals surface area contributed by atoms with Crippen molar-refractivity contribution in [2.75, 3.05) is 0 Å². The van der Waals surface area contributed by atoms with Crippen LogP contribution in [0.1, 0.15) is 49.7 Å². The van der Waals surface area contributed by atoms with Crippen molar-refractivity contribution in [2.24, 2.45) is 5.73 Å². The summed E-state index contributed by atoms with van der Waals surface area (Å²) < 4.78 is 24.7. The van der Waals surface area contributed by atoms with E-state index in [0.29, 0.717) is 6.42 Å². The maximum Gasteiger partial charge on any atom is 0.320 e. The third-order valence-electron chi connectivity index (χ3n) is 3.28. The first-order chi connectivity index (χ1) is 9.50. The standard InChI is InChI=1S/C15H21F2NO2/c16-14(17)12-9-7-11(8-10-12)5-3-1-2-4-6-13(18)15(19)20/h7-10,13-14H,1-6,18H2,(H,19,20). The lowest BCUT2D eigenvalue weighted by Gasteiger charge is -2.06. The molecule has 0 saturated carbocycles. The number of carboxylic acids is 1. The van der Waals surface area contributed by atoms with Crippen molar-refractivity contribution < 1.29 is 18.7 Å². The minimum absolute atomic E-state index is 0.0522. The Hall–Kier alpha value is -1.49. The molecule has 0 radical (unpaired) electrons. The Labute approximate surface area is 117 Å². The molecule has 3 N–H and O–H groups in total. The van der Waals surface area contributed by atoms with Gasteiger partial charge < -0.3 is 10.8 Å². The quantitative estimate of drug-likeness (QED) is 0.682. The van der Waals surface area contributed by atoms with Gasteiger partial charge in [0.1, 0.15) is 6.04 Å². The molecule has 0 aromatic heterocycles. The second-order valence-electron chi connectivity index (χ2n) is 4.94. The SMILES string of the molecule is NC(CCCCCCc1ccc(C(F)F)cc1)C(=O)O. The average molecular weight is 285 g/mol. The van der Waals surface area contributed by atoms with Gasteiger partial charge in [0.05, 0.1) is 0 Å². The number of nitrogens with two attached hydrogens (primary N) is 1. The number of rotatable bonds is 9. The van der Waals surface area contributed by atoms with E-state index in [1.807, 2.05) is 0 Å². The summed E-state index contributed by atoms with van der Waals surface area (Å²) in [6, 6.07) is 5.64. The number of aryl methyl sites for hydroxylation is 1. The molecule has 1 unspecified atom stereocenters. The summed E-state index contributed by atoms with van der Waals surface area (Å²) in [4.78, 5) is 10.5. The molecule has 0 bridgehead atoms. The van der Waals surface area contributed by atoms with Gasteiger partial charge >= 0.3 is 5.97 Å². The van der Waals surface area contributed by atoms with Crippen LogP contribution in [0, 0.1) is 0 Å². The number of hydrogen-bond acceptors (Lipinski definition) is 2. The van der Waals surface area contributed by atoms with Crippen LogP contribution in [0.5, 0.6) is 0 Å². The molecule has 0 aliphatic rings. The summed E-state index contributed by atoms with van der Waals surface area (Å²) in [5.74, 6) is -0.955. The number of aliphatic carboxylic acids is 1. The predicted octanol–water partition coefficient (Wildman–Crippen LogP) is 3.53. The predicted molar refractivity (Wildman–Crippen MR) is 73.8 cm³/mol. The molecule has 1 atom stereocenters. The van der Waals surface area contributed by atoms with Crippen molar-refractivity contribution in [3.8, 4) is 0 Å². The Kier molecular flexibility index (Phi) is 7.15. The highest BCUT2D eigenvalue weighted by Crippen LogP contribution is 2.19. The lowest BCUT2D eigenvalue weighted by molar-refractivity contribution is -0.138. The molecule has 0 aliphatic heterocycles. The second-order valence-corrected chi connectivity index (χ2v) is 4.94. The summed E-state index contributed by atoms with van der Waals surface area (Å²) in [5.41, 5.74) is 6.50. The number of benzene rings is 1. The number of alkyl halides is 2. The molecule has 1 aromatic carbocycles. The summed E-state index contributed by atoms with van der Waals surface area (Å²) in [6.07, 6.45) is 2.64. The molecule has 20 heavy (non-hydrogen) atoms. The van der Waals surface area contributed by atoms with Crippen LogP contribution in [-0.2, 0) is 11.2 Å². The van der Waals surface area contributed by atoms with E-state index in [1.54, 1.807) is 12.1 Å². The monoisotopic (exact) mass is 285 g/mol. The summed E-state index contributed by atoms with van der Waals surface area (Å²) in [5, 5.41) is 8.62. The zero-order valence-electron chi connectivity index (χ0n) is 11.4. The highest BCUT2D eigenvalue weighted by Gasteiger charge is 2.10. The van der Waals surface area contributed by atoms with Crippen molar-refractivity contribution >= 4 is 5.97 Å². The van der Waals surface area contributed by atoms with E-state index < -0.39 is 18.4 Å². The molecule has 0 aliphatic carbocycles. The zero-order chi connectivity index (χ0) is 15.0. The van der Waals surface area contributed by atoms with Gasteiger partial charge in [-0.25, -0.2) is 8.78 Å². The van der Waals surface area contributed by atoms with Gasteiger partial charge in [-0.05, 0) is 24.8 Å². The van der Waals surface area contributed by atoms with E-state index in [2.05, 4.69) is 0 Å². The van der Waals surface area contributed by atoms with Gasteiger partial charge in [0.2, 0.25) is 0 Å². The first-order valence-corrected chi connectivity index (χ1v) is 6.86. The molecule has 0 fully saturated rings. The lowest BCUT2D eigenvalue weighted by atomic mass is 10.0. The molecule has 1 rings (SSSR count). The second kappa shape index (κ2) is 8.64. The summed E-state index contributed by atoms with van der Waals surface area (Å²) in [7, 11) is 0. The van der Waals surface area contributed by atoms with E-state index in [-0.39, 0.29) is 5.56 Å². The summed E-state index contributed by atoms with van der Waals surface area (Å²) in [6.45, 7) is 0. The van der Waals surface area contributed by atoms with Gasteiger partial charge in [-0.2, -0.15) is 0 Å². The maximum absolute atomic E-state index is 12.4. The highest BCUT2D eigenvalue weighted by molar-refractivity contribution is 5.72. The Morgan fingerprint density at radius 1 is 1.10 bits per heavy atom. The fourth-order valence-electron chi connectivity index (χ4n) is 2.00.